The van der Waals surface area contributed by atoms with Gasteiger partial charge in [0.1, 0.15) is 0 Å². The molecule has 19 heavy (non-hydrogen) atoms. The zero-order chi connectivity index (χ0) is 13.4. The number of rotatable bonds is 2. The van der Waals surface area contributed by atoms with Gasteiger partial charge >= 0.3 is 0 Å². The maximum Gasteiger partial charge on any atom is 0.225 e. The fourth-order valence-corrected chi connectivity index (χ4v) is 3.74. The van der Waals surface area contributed by atoms with Crippen LogP contribution < -0.4 is 5.73 Å². The molecule has 2 aliphatic rings. The lowest BCUT2D eigenvalue weighted by Gasteiger charge is -2.33. The summed E-state index contributed by atoms with van der Waals surface area (Å²) >= 11 is 6.30. The Bertz CT molecular complexity index is 485. The Kier molecular flexibility index (Phi) is 3.50. The Morgan fingerprint density at radius 2 is 1.89 bits per heavy atom. The number of nitrogens with zero attached hydrogens (tertiary/aromatic N) is 1. The summed E-state index contributed by atoms with van der Waals surface area (Å²) < 4.78 is 0. The lowest BCUT2D eigenvalue weighted by Crippen LogP contribution is -2.39. The number of benzene rings is 1. The Balaban J connectivity index is 1.96. The third-order valence-corrected chi connectivity index (χ3v) is 4.69. The van der Waals surface area contributed by atoms with Gasteiger partial charge in [0.2, 0.25) is 5.91 Å². The van der Waals surface area contributed by atoms with Crippen LogP contribution in [-0.2, 0) is 4.79 Å². The van der Waals surface area contributed by atoms with Crippen LogP contribution in [0, 0.1) is 0 Å². The number of halogens is 1. The Morgan fingerprint density at radius 1 is 1.21 bits per heavy atom. The molecule has 1 saturated carbocycles. The van der Waals surface area contributed by atoms with E-state index in [1.165, 1.54) is 12.8 Å². The van der Waals surface area contributed by atoms with Crippen LogP contribution in [0.4, 0.5) is 0 Å². The second-order valence-electron chi connectivity index (χ2n) is 5.57. The van der Waals surface area contributed by atoms with Crippen LogP contribution in [0.15, 0.2) is 24.3 Å². The van der Waals surface area contributed by atoms with Crippen LogP contribution in [-0.4, -0.2) is 22.9 Å². The molecule has 0 spiro atoms. The third kappa shape index (κ3) is 2.26. The summed E-state index contributed by atoms with van der Waals surface area (Å²) in [4.78, 5) is 14.3. The SMILES string of the molecule is NC1CC(=O)N(C2CCCC2)C1c1ccccc1Cl. The van der Waals surface area contributed by atoms with Crippen molar-refractivity contribution in [3.05, 3.63) is 34.9 Å². The Labute approximate surface area is 118 Å². The molecule has 2 atom stereocenters. The molecule has 1 aromatic carbocycles. The van der Waals surface area contributed by atoms with Crippen LogP contribution in [0.3, 0.4) is 0 Å². The molecule has 2 fully saturated rings. The van der Waals surface area contributed by atoms with Crippen molar-refractivity contribution in [3.8, 4) is 0 Å². The van der Waals surface area contributed by atoms with Crippen LogP contribution in [0.2, 0.25) is 5.02 Å². The Morgan fingerprint density at radius 3 is 2.58 bits per heavy atom. The van der Waals surface area contributed by atoms with Gasteiger partial charge in [-0.05, 0) is 24.5 Å². The quantitative estimate of drug-likeness (QED) is 0.904. The molecule has 4 heteroatoms. The standard InChI is InChI=1S/C15H19ClN2O/c16-12-8-4-3-7-11(12)15-13(17)9-14(19)18(15)10-5-1-2-6-10/h3-4,7-8,10,13,15H,1-2,5-6,9,17H2. The molecule has 102 valence electrons. The Hall–Kier alpha value is -1.06. The van der Waals surface area contributed by atoms with E-state index in [4.69, 9.17) is 17.3 Å². The van der Waals surface area contributed by atoms with Crippen molar-refractivity contribution in [2.75, 3.05) is 0 Å². The minimum atomic E-state index is -0.145. The van der Waals surface area contributed by atoms with Gasteiger partial charge in [0, 0.05) is 23.5 Å². The monoisotopic (exact) mass is 278 g/mol. The van der Waals surface area contributed by atoms with Crippen LogP contribution in [0.25, 0.3) is 0 Å². The molecular formula is C15H19ClN2O. The number of carbonyl (C=O) groups excluding carboxylic acids is 1. The summed E-state index contributed by atoms with van der Waals surface area (Å²) in [6.07, 6.45) is 5.04. The van der Waals surface area contributed by atoms with E-state index in [0.717, 1.165) is 18.4 Å². The molecule has 1 aliphatic carbocycles. The van der Waals surface area contributed by atoms with E-state index in [1.807, 2.05) is 29.2 Å². The topological polar surface area (TPSA) is 46.3 Å². The van der Waals surface area contributed by atoms with Crippen LogP contribution in [0.1, 0.15) is 43.7 Å². The van der Waals surface area contributed by atoms with Crippen molar-refractivity contribution in [2.45, 2.75) is 50.2 Å². The summed E-state index contributed by atoms with van der Waals surface area (Å²) in [6, 6.07) is 7.89. The maximum atomic E-state index is 12.3. The van der Waals surface area contributed by atoms with Crippen molar-refractivity contribution >= 4 is 17.5 Å². The lowest BCUT2D eigenvalue weighted by atomic mass is 9.99. The summed E-state index contributed by atoms with van der Waals surface area (Å²) in [6.45, 7) is 0. The molecule has 2 unspecified atom stereocenters. The smallest absolute Gasteiger partial charge is 0.225 e. The first kappa shape index (κ1) is 12.9. The first-order chi connectivity index (χ1) is 9.18. The number of carbonyl (C=O) groups is 1. The molecule has 3 nitrogen and oxygen atoms in total. The first-order valence-electron chi connectivity index (χ1n) is 6.99. The van der Waals surface area contributed by atoms with E-state index in [2.05, 4.69) is 0 Å². The van der Waals surface area contributed by atoms with Gasteiger partial charge in [0.05, 0.1) is 6.04 Å². The fraction of sp³-hybridized carbons (Fsp3) is 0.533. The van der Waals surface area contributed by atoms with Gasteiger partial charge in [0.15, 0.2) is 0 Å². The molecule has 0 bridgehead atoms. The zero-order valence-corrected chi connectivity index (χ0v) is 11.6. The van der Waals surface area contributed by atoms with E-state index in [-0.39, 0.29) is 18.0 Å². The highest BCUT2D eigenvalue weighted by Gasteiger charge is 2.43. The fourth-order valence-electron chi connectivity index (χ4n) is 3.49. The van der Waals surface area contributed by atoms with Crippen molar-refractivity contribution in [3.63, 3.8) is 0 Å². The maximum absolute atomic E-state index is 12.3. The summed E-state index contributed by atoms with van der Waals surface area (Å²) in [5.74, 6) is 0.185. The molecule has 1 aliphatic heterocycles. The highest BCUT2D eigenvalue weighted by Crippen LogP contribution is 2.40. The largest absolute Gasteiger partial charge is 0.331 e. The highest BCUT2D eigenvalue weighted by molar-refractivity contribution is 6.31. The highest BCUT2D eigenvalue weighted by atomic mass is 35.5. The van der Waals surface area contributed by atoms with Gasteiger partial charge in [-0.15, -0.1) is 0 Å². The number of nitrogens with two attached hydrogens (primary N) is 1. The minimum Gasteiger partial charge on any atom is -0.331 e. The van der Waals surface area contributed by atoms with Crippen LogP contribution >= 0.6 is 11.6 Å². The van der Waals surface area contributed by atoms with E-state index in [9.17, 15) is 4.79 Å². The average molecular weight is 279 g/mol. The molecule has 1 heterocycles. The number of likely N-dealkylation sites (tertiary alicyclic amines) is 1. The van der Waals surface area contributed by atoms with Crippen molar-refractivity contribution in [2.24, 2.45) is 5.73 Å². The molecule has 3 rings (SSSR count). The van der Waals surface area contributed by atoms with E-state index in [1.54, 1.807) is 0 Å². The van der Waals surface area contributed by atoms with Gasteiger partial charge in [-0.25, -0.2) is 0 Å². The van der Waals surface area contributed by atoms with Gasteiger partial charge < -0.3 is 10.6 Å². The molecule has 0 radical (unpaired) electrons. The van der Waals surface area contributed by atoms with Crippen LogP contribution in [0.5, 0.6) is 0 Å². The molecule has 0 aromatic heterocycles. The lowest BCUT2D eigenvalue weighted by molar-refractivity contribution is -0.131. The minimum absolute atomic E-state index is 0.0516. The number of hydrogen-bond donors (Lipinski definition) is 1. The van der Waals surface area contributed by atoms with E-state index in [0.29, 0.717) is 17.5 Å². The second-order valence-corrected chi connectivity index (χ2v) is 5.98. The summed E-state index contributed by atoms with van der Waals surface area (Å²) in [5.41, 5.74) is 7.20. The molecule has 1 aromatic rings. The third-order valence-electron chi connectivity index (χ3n) is 4.35. The second kappa shape index (κ2) is 5.14. The van der Waals surface area contributed by atoms with E-state index >= 15 is 0 Å². The number of hydrogen-bond acceptors (Lipinski definition) is 2. The first-order valence-corrected chi connectivity index (χ1v) is 7.37. The van der Waals surface area contributed by atoms with Crippen molar-refractivity contribution in [1.29, 1.82) is 0 Å². The zero-order valence-electron chi connectivity index (χ0n) is 10.9. The number of amides is 1. The summed E-state index contributed by atoms with van der Waals surface area (Å²) in [5, 5.41) is 0.709. The van der Waals surface area contributed by atoms with Gasteiger partial charge in [0.25, 0.3) is 0 Å². The predicted molar refractivity (Wildman–Crippen MR) is 75.9 cm³/mol. The van der Waals surface area contributed by atoms with Gasteiger partial charge in [-0.3, -0.25) is 4.79 Å². The van der Waals surface area contributed by atoms with E-state index < -0.39 is 0 Å². The normalized spacial score (nSPS) is 28.3. The van der Waals surface area contributed by atoms with Gasteiger partial charge in [-0.1, -0.05) is 42.6 Å². The van der Waals surface area contributed by atoms with Crippen molar-refractivity contribution < 1.29 is 4.79 Å². The average Bonchev–Trinajstić information content (AvgIpc) is 2.98. The molecule has 2 N–H and O–H groups in total. The predicted octanol–water partition coefficient (Wildman–Crippen LogP) is 2.88. The van der Waals surface area contributed by atoms with Gasteiger partial charge in [-0.2, -0.15) is 0 Å². The van der Waals surface area contributed by atoms with Crippen molar-refractivity contribution in [1.82, 2.24) is 4.90 Å². The summed E-state index contributed by atoms with van der Waals surface area (Å²) in [7, 11) is 0. The molecule has 1 amide bonds. The molecule has 1 saturated heterocycles. The molecular weight excluding hydrogens is 260 g/mol.